The fourth-order valence-electron chi connectivity index (χ4n) is 6.45. The van der Waals surface area contributed by atoms with Crippen LogP contribution in [0.15, 0.2) is 17.2 Å². The zero-order chi connectivity index (χ0) is 25.9. The molecular weight excluding hydrogens is 487 g/mol. The minimum atomic E-state index is -4.24. The number of halogens is 3. The molecule has 37 heavy (non-hydrogen) atoms. The summed E-state index contributed by atoms with van der Waals surface area (Å²) < 4.78 is 50.5. The van der Waals surface area contributed by atoms with Crippen molar-refractivity contribution < 1.29 is 17.9 Å². The van der Waals surface area contributed by atoms with E-state index >= 15 is 0 Å². The molecule has 0 aromatic carbocycles. The summed E-state index contributed by atoms with van der Waals surface area (Å²) in [5.74, 6) is 0.811. The smallest absolute Gasteiger partial charge is 0.367 e. The fraction of sp³-hybridized carbons (Fsp3) is 0.640. The van der Waals surface area contributed by atoms with E-state index in [1.54, 1.807) is 14.0 Å². The molecule has 4 aliphatic carbocycles. The lowest BCUT2D eigenvalue weighted by molar-refractivity contribution is -0.337. The largest absolute Gasteiger partial charge is 0.394 e. The molecule has 2 unspecified atom stereocenters. The van der Waals surface area contributed by atoms with Crippen molar-refractivity contribution in [2.45, 2.75) is 75.8 Å². The van der Waals surface area contributed by atoms with Crippen molar-refractivity contribution in [3.05, 3.63) is 39.8 Å². The third-order valence-corrected chi connectivity index (χ3v) is 8.73. The topological polar surface area (TPSA) is 91.0 Å². The van der Waals surface area contributed by atoms with Crippen LogP contribution >= 0.6 is 0 Å². The minimum absolute atomic E-state index is 0.0204. The van der Waals surface area contributed by atoms with Crippen LogP contribution in [-0.2, 0) is 17.2 Å². The van der Waals surface area contributed by atoms with Crippen LogP contribution in [0.4, 0.5) is 19.1 Å². The Hall–Kier alpha value is -3.02. The normalized spacial score (nSPS) is 31.4. The molecule has 8 rings (SSSR count). The van der Waals surface area contributed by atoms with Crippen LogP contribution in [0.5, 0.6) is 0 Å². The maximum Gasteiger partial charge on any atom is 0.394 e. The Kier molecular flexibility index (Phi) is 4.56. The molecule has 0 amide bonds. The van der Waals surface area contributed by atoms with E-state index in [2.05, 4.69) is 15.1 Å². The molecule has 9 nitrogen and oxygen atoms in total. The highest BCUT2D eigenvalue weighted by atomic mass is 19.4. The molecule has 5 aliphatic rings. The molecule has 196 valence electrons. The summed E-state index contributed by atoms with van der Waals surface area (Å²) in [5.41, 5.74) is -0.784. The van der Waals surface area contributed by atoms with Gasteiger partial charge in [-0.2, -0.15) is 18.3 Å². The van der Waals surface area contributed by atoms with Gasteiger partial charge >= 0.3 is 6.18 Å². The molecule has 2 atom stereocenters. The summed E-state index contributed by atoms with van der Waals surface area (Å²) in [6.07, 6.45) is 1.39. The van der Waals surface area contributed by atoms with Gasteiger partial charge in [0.05, 0.1) is 36.0 Å². The molecular formula is C25H28F3N7O2. The first-order valence-corrected chi connectivity index (χ1v) is 12.8. The first kappa shape index (κ1) is 23.1. The maximum absolute atomic E-state index is 13.6. The number of nitrogens with zero attached hydrogens (tertiary/aromatic N) is 7. The zero-order valence-electron chi connectivity index (χ0n) is 20.9. The number of aryl methyl sites for hydroxylation is 1. The second kappa shape index (κ2) is 7.30. The summed E-state index contributed by atoms with van der Waals surface area (Å²) in [5, 5.41) is 4.49. The number of morpholine rings is 1. The Bertz CT molecular complexity index is 1470. The number of hydrogen-bond acceptors (Lipinski definition) is 7. The Morgan fingerprint density at radius 1 is 1.08 bits per heavy atom. The van der Waals surface area contributed by atoms with Gasteiger partial charge in [-0.15, -0.1) is 0 Å². The van der Waals surface area contributed by atoms with E-state index < -0.39 is 17.0 Å². The van der Waals surface area contributed by atoms with Crippen LogP contribution in [0, 0.1) is 12.3 Å². The van der Waals surface area contributed by atoms with Gasteiger partial charge in [-0.3, -0.25) is 14.0 Å². The van der Waals surface area contributed by atoms with E-state index in [0.717, 1.165) is 18.4 Å². The monoisotopic (exact) mass is 515 g/mol. The second-order valence-corrected chi connectivity index (χ2v) is 11.5. The van der Waals surface area contributed by atoms with E-state index in [9.17, 15) is 18.0 Å². The van der Waals surface area contributed by atoms with Gasteiger partial charge in [-0.05, 0) is 46.0 Å². The van der Waals surface area contributed by atoms with Crippen molar-refractivity contribution in [1.82, 2.24) is 29.3 Å². The zero-order valence-corrected chi connectivity index (χ0v) is 20.9. The molecule has 0 radical (unpaired) electrons. The Balaban J connectivity index is 1.29. The van der Waals surface area contributed by atoms with Crippen LogP contribution in [0.1, 0.15) is 68.3 Å². The second-order valence-electron chi connectivity index (χ2n) is 11.5. The summed E-state index contributed by atoms with van der Waals surface area (Å²) in [6.45, 7) is 4.61. The van der Waals surface area contributed by atoms with E-state index in [1.807, 2.05) is 28.9 Å². The van der Waals surface area contributed by atoms with Crippen molar-refractivity contribution in [2.24, 2.45) is 12.5 Å². The molecule has 3 aromatic rings. The van der Waals surface area contributed by atoms with Gasteiger partial charge < -0.3 is 9.64 Å². The van der Waals surface area contributed by atoms with Crippen molar-refractivity contribution in [3.63, 3.8) is 0 Å². The first-order valence-electron chi connectivity index (χ1n) is 12.8. The Morgan fingerprint density at radius 3 is 2.49 bits per heavy atom. The summed E-state index contributed by atoms with van der Waals surface area (Å²) in [6, 6.07) is 0.456. The molecule has 3 aromatic heterocycles. The number of fused-ring (bicyclic) bond motifs is 1. The standard InChI is InChI=1S/C25H28F3N7O2/c1-13-7-34(9-17(37-13)15-6-29-35(8-15)16-4-5-16)22-31-19-18(30-14(2)33(3)21(19)36)20(32-22)23-10-24(11-23,12-23)25(26,27)28/h6,8,13,16-17H,4-5,7,9-12H2,1-3H3. The molecule has 0 N–H and O–H groups in total. The van der Waals surface area contributed by atoms with Gasteiger partial charge in [0.1, 0.15) is 17.4 Å². The maximum atomic E-state index is 13.6. The van der Waals surface area contributed by atoms with Crippen LogP contribution < -0.4 is 10.5 Å². The van der Waals surface area contributed by atoms with Gasteiger partial charge in [0.15, 0.2) is 5.52 Å². The number of rotatable bonds is 4. The van der Waals surface area contributed by atoms with Crippen LogP contribution in [0.2, 0.25) is 0 Å². The summed E-state index contributed by atoms with van der Waals surface area (Å²) >= 11 is 0. The minimum Gasteiger partial charge on any atom is -0.367 e. The van der Waals surface area contributed by atoms with Gasteiger partial charge in [0, 0.05) is 30.8 Å². The Morgan fingerprint density at radius 2 is 1.81 bits per heavy atom. The predicted molar refractivity (Wildman–Crippen MR) is 127 cm³/mol. The van der Waals surface area contributed by atoms with Crippen molar-refractivity contribution >= 4 is 17.0 Å². The SMILES string of the molecule is Cc1nc2c(C34CC(C(F)(F)F)(C3)C4)nc(N3CC(C)OC(c4cnn(C5CC5)c4)C3)nc2c(=O)n1C. The van der Waals surface area contributed by atoms with E-state index in [0.29, 0.717) is 42.1 Å². The number of ether oxygens (including phenoxy) is 1. The lowest BCUT2D eigenvalue weighted by atomic mass is 9.34. The average Bonchev–Trinajstić information content (AvgIpc) is 3.51. The Labute approximate surface area is 210 Å². The molecule has 12 heteroatoms. The number of anilines is 1. The highest BCUT2D eigenvalue weighted by molar-refractivity contribution is 5.79. The highest BCUT2D eigenvalue weighted by Gasteiger charge is 2.79. The van der Waals surface area contributed by atoms with Crippen LogP contribution in [0.3, 0.4) is 0 Å². The molecule has 4 saturated carbocycles. The lowest BCUT2D eigenvalue weighted by Gasteiger charge is -2.70. The third-order valence-electron chi connectivity index (χ3n) is 8.73. The van der Waals surface area contributed by atoms with Gasteiger partial charge in [-0.25, -0.2) is 15.0 Å². The average molecular weight is 516 g/mol. The molecule has 5 fully saturated rings. The van der Waals surface area contributed by atoms with E-state index in [1.165, 1.54) is 4.57 Å². The van der Waals surface area contributed by atoms with Gasteiger partial charge in [0.25, 0.3) is 5.56 Å². The quantitative estimate of drug-likeness (QED) is 0.525. The van der Waals surface area contributed by atoms with Crippen molar-refractivity contribution in [2.75, 3.05) is 18.0 Å². The molecule has 0 spiro atoms. The van der Waals surface area contributed by atoms with E-state index in [-0.39, 0.29) is 42.5 Å². The fourth-order valence-corrected chi connectivity index (χ4v) is 6.45. The first-order chi connectivity index (χ1) is 17.5. The van der Waals surface area contributed by atoms with E-state index in [4.69, 9.17) is 9.72 Å². The molecule has 1 aliphatic heterocycles. The van der Waals surface area contributed by atoms with Gasteiger partial charge in [0.2, 0.25) is 5.95 Å². The predicted octanol–water partition coefficient (Wildman–Crippen LogP) is 3.51. The lowest BCUT2D eigenvalue weighted by Crippen LogP contribution is -2.70. The number of aromatic nitrogens is 6. The number of alkyl halides is 3. The molecule has 2 bridgehead atoms. The third kappa shape index (κ3) is 3.30. The molecule has 4 heterocycles. The number of hydrogen-bond donors (Lipinski definition) is 0. The van der Waals surface area contributed by atoms with Crippen LogP contribution in [0.25, 0.3) is 11.0 Å². The summed E-state index contributed by atoms with van der Waals surface area (Å²) in [7, 11) is 1.62. The molecule has 1 saturated heterocycles. The van der Waals surface area contributed by atoms with Crippen molar-refractivity contribution in [1.29, 1.82) is 0 Å². The summed E-state index contributed by atoms with van der Waals surface area (Å²) in [4.78, 5) is 29.3. The van der Waals surface area contributed by atoms with Crippen LogP contribution in [-0.4, -0.2) is 54.7 Å². The van der Waals surface area contributed by atoms with Crippen molar-refractivity contribution in [3.8, 4) is 0 Å². The highest BCUT2D eigenvalue weighted by Crippen LogP contribution is 2.78. The van der Waals surface area contributed by atoms with Gasteiger partial charge in [-0.1, -0.05) is 0 Å².